The van der Waals surface area contributed by atoms with E-state index in [1.54, 1.807) is 10.9 Å². The Morgan fingerprint density at radius 1 is 1.45 bits per heavy atom. The molecule has 0 aliphatic heterocycles. The Morgan fingerprint density at radius 3 is 2.80 bits per heavy atom. The van der Waals surface area contributed by atoms with Crippen LogP contribution in [0.4, 0.5) is 0 Å². The van der Waals surface area contributed by atoms with Crippen LogP contribution in [0.15, 0.2) is 10.7 Å². The number of carbonyl (C=O) groups is 1. The molecule has 7 nitrogen and oxygen atoms in total. The molecule has 2 heterocycles. The standard InChI is InChI=1S/C12H16BrN5O2/c1-3-9-12(13)10(18(4-2)15-9)7-17-6-8(14-16-17)5-11(19)20/h6H,3-5,7H2,1-2H3,(H,19,20). The Hall–Kier alpha value is -1.70. The summed E-state index contributed by atoms with van der Waals surface area (Å²) < 4.78 is 4.53. The summed E-state index contributed by atoms with van der Waals surface area (Å²) >= 11 is 3.57. The fourth-order valence-corrected chi connectivity index (χ4v) is 2.66. The molecule has 1 N–H and O–H groups in total. The van der Waals surface area contributed by atoms with E-state index in [-0.39, 0.29) is 6.42 Å². The minimum absolute atomic E-state index is 0.117. The van der Waals surface area contributed by atoms with Gasteiger partial charge in [0, 0.05) is 12.7 Å². The highest BCUT2D eigenvalue weighted by molar-refractivity contribution is 9.10. The number of aryl methyl sites for hydroxylation is 2. The summed E-state index contributed by atoms with van der Waals surface area (Å²) in [6, 6.07) is 0. The van der Waals surface area contributed by atoms with E-state index in [2.05, 4.69) is 38.3 Å². The van der Waals surface area contributed by atoms with E-state index in [0.717, 1.165) is 28.8 Å². The van der Waals surface area contributed by atoms with Crippen molar-refractivity contribution in [2.45, 2.75) is 39.8 Å². The minimum atomic E-state index is -0.912. The molecule has 0 unspecified atom stereocenters. The van der Waals surface area contributed by atoms with Gasteiger partial charge in [-0.25, -0.2) is 4.68 Å². The fourth-order valence-electron chi connectivity index (χ4n) is 1.97. The van der Waals surface area contributed by atoms with Crippen molar-refractivity contribution in [3.8, 4) is 0 Å². The molecule has 0 atom stereocenters. The molecule has 0 aliphatic carbocycles. The molecule has 2 aromatic rings. The quantitative estimate of drug-likeness (QED) is 0.860. The molecule has 8 heteroatoms. The number of nitrogens with zero attached hydrogens (tertiary/aromatic N) is 5. The second-order valence-corrected chi connectivity index (χ2v) is 5.15. The van der Waals surface area contributed by atoms with Crippen LogP contribution in [0.5, 0.6) is 0 Å². The molecule has 0 saturated carbocycles. The molecule has 2 rings (SSSR count). The first-order valence-corrected chi connectivity index (χ1v) is 7.19. The highest BCUT2D eigenvalue weighted by atomic mass is 79.9. The molecule has 0 fully saturated rings. The molecule has 20 heavy (non-hydrogen) atoms. The van der Waals surface area contributed by atoms with Gasteiger partial charge >= 0.3 is 5.97 Å². The first-order chi connectivity index (χ1) is 9.55. The molecular formula is C12H16BrN5O2. The summed E-state index contributed by atoms with van der Waals surface area (Å²) in [6.07, 6.45) is 2.38. The largest absolute Gasteiger partial charge is 0.481 e. The Morgan fingerprint density at radius 2 is 2.20 bits per heavy atom. The van der Waals surface area contributed by atoms with Crippen LogP contribution >= 0.6 is 15.9 Å². The zero-order chi connectivity index (χ0) is 14.7. The Kier molecular flexibility index (Phi) is 4.53. The van der Waals surface area contributed by atoms with E-state index in [0.29, 0.717) is 12.2 Å². The lowest BCUT2D eigenvalue weighted by atomic mass is 10.3. The number of hydrogen-bond donors (Lipinski definition) is 1. The SMILES string of the molecule is CCc1nn(CC)c(Cn2cc(CC(=O)O)nn2)c1Br. The summed E-state index contributed by atoms with van der Waals surface area (Å²) in [6.45, 7) is 5.36. The van der Waals surface area contributed by atoms with E-state index >= 15 is 0 Å². The molecule has 0 saturated heterocycles. The van der Waals surface area contributed by atoms with Crippen LogP contribution in [-0.2, 0) is 30.7 Å². The molecule has 108 valence electrons. The molecule has 2 aromatic heterocycles. The molecule has 0 aromatic carbocycles. The van der Waals surface area contributed by atoms with Crippen LogP contribution in [-0.4, -0.2) is 35.9 Å². The molecule has 0 spiro atoms. The molecule has 0 bridgehead atoms. The van der Waals surface area contributed by atoms with Gasteiger partial charge in [-0.2, -0.15) is 5.10 Å². The van der Waals surface area contributed by atoms with Crippen molar-refractivity contribution in [1.29, 1.82) is 0 Å². The molecule has 0 amide bonds. The number of halogens is 1. The number of rotatable bonds is 6. The lowest BCUT2D eigenvalue weighted by Crippen LogP contribution is -2.09. The zero-order valence-electron chi connectivity index (χ0n) is 11.4. The maximum Gasteiger partial charge on any atom is 0.309 e. The Labute approximate surface area is 124 Å². The van der Waals surface area contributed by atoms with Crippen LogP contribution < -0.4 is 0 Å². The van der Waals surface area contributed by atoms with Crippen molar-refractivity contribution < 1.29 is 9.90 Å². The monoisotopic (exact) mass is 341 g/mol. The van der Waals surface area contributed by atoms with Crippen LogP contribution in [0.1, 0.15) is 30.9 Å². The van der Waals surface area contributed by atoms with E-state index in [9.17, 15) is 4.79 Å². The number of carboxylic acids is 1. The predicted molar refractivity (Wildman–Crippen MR) is 75.4 cm³/mol. The first kappa shape index (κ1) is 14.7. The van der Waals surface area contributed by atoms with Crippen LogP contribution in [0, 0.1) is 0 Å². The predicted octanol–water partition coefficient (Wildman–Crippen LogP) is 1.49. The van der Waals surface area contributed by atoms with Crippen molar-refractivity contribution in [2.75, 3.05) is 0 Å². The van der Waals surface area contributed by atoms with Gasteiger partial charge in [-0.1, -0.05) is 12.1 Å². The second kappa shape index (κ2) is 6.17. The fraction of sp³-hybridized carbons (Fsp3) is 0.500. The maximum absolute atomic E-state index is 10.6. The second-order valence-electron chi connectivity index (χ2n) is 4.35. The van der Waals surface area contributed by atoms with Crippen LogP contribution in [0.3, 0.4) is 0 Å². The maximum atomic E-state index is 10.6. The van der Waals surface area contributed by atoms with Gasteiger partial charge in [-0.3, -0.25) is 9.48 Å². The lowest BCUT2D eigenvalue weighted by Gasteiger charge is -2.04. The average molecular weight is 342 g/mol. The molecule has 0 aliphatic rings. The zero-order valence-corrected chi connectivity index (χ0v) is 13.0. The van der Waals surface area contributed by atoms with E-state index in [1.807, 2.05) is 11.6 Å². The molecule has 0 radical (unpaired) electrons. The summed E-state index contributed by atoms with van der Waals surface area (Å²) in [5, 5.41) is 21.1. The highest BCUT2D eigenvalue weighted by Gasteiger charge is 2.15. The molecular weight excluding hydrogens is 326 g/mol. The van der Waals surface area contributed by atoms with Gasteiger partial charge in [0.15, 0.2) is 0 Å². The highest BCUT2D eigenvalue weighted by Crippen LogP contribution is 2.23. The minimum Gasteiger partial charge on any atom is -0.481 e. The summed E-state index contributed by atoms with van der Waals surface area (Å²) in [4.78, 5) is 10.6. The van der Waals surface area contributed by atoms with Gasteiger partial charge in [0.25, 0.3) is 0 Å². The van der Waals surface area contributed by atoms with E-state index < -0.39 is 5.97 Å². The normalized spacial score (nSPS) is 10.9. The number of hydrogen-bond acceptors (Lipinski definition) is 4. The van der Waals surface area contributed by atoms with Crippen molar-refractivity contribution in [1.82, 2.24) is 24.8 Å². The van der Waals surface area contributed by atoms with Gasteiger partial charge in [0.05, 0.1) is 34.5 Å². The van der Waals surface area contributed by atoms with Gasteiger partial charge in [-0.05, 0) is 29.3 Å². The van der Waals surface area contributed by atoms with Crippen molar-refractivity contribution in [3.63, 3.8) is 0 Å². The number of carboxylic acid groups (broad SMARTS) is 1. The lowest BCUT2D eigenvalue weighted by molar-refractivity contribution is -0.136. The average Bonchev–Trinajstić information content (AvgIpc) is 2.95. The smallest absolute Gasteiger partial charge is 0.309 e. The van der Waals surface area contributed by atoms with Crippen molar-refractivity contribution >= 4 is 21.9 Å². The third-order valence-electron chi connectivity index (χ3n) is 2.92. The van der Waals surface area contributed by atoms with Crippen molar-refractivity contribution in [2.24, 2.45) is 0 Å². The van der Waals surface area contributed by atoms with E-state index in [1.165, 1.54) is 0 Å². The van der Waals surface area contributed by atoms with Gasteiger partial charge in [-0.15, -0.1) is 5.10 Å². The summed E-state index contributed by atoms with van der Waals surface area (Å²) in [5.74, 6) is -0.912. The number of aromatic nitrogens is 5. The summed E-state index contributed by atoms with van der Waals surface area (Å²) in [7, 11) is 0. The Balaban J connectivity index is 2.23. The third kappa shape index (κ3) is 3.06. The van der Waals surface area contributed by atoms with Crippen molar-refractivity contribution in [3.05, 3.63) is 27.8 Å². The van der Waals surface area contributed by atoms with E-state index in [4.69, 9.17) is 5.11 Å². The third-order valence-corrected chi connectivity index (χ3v) is 3.84. The Bertz CT molecular complexity index is 619. The number of aliphatic carboxylic acids is 1. The first-order valence-electron chi connectivity index (χ1n) is 6.40. The summed E-state index contributed by atoms with van der Waals surface area (Å²) in [5.41, 5.74) is 2.47. The van der Waals surface area contributed by atoms with Crippen LogP contribution in [0.2, 0.25) is 0 Å². The van der Waals surface area contributed by atoms with Gasteiger partial charge in [0.1, 0.15) is 0 Å². The topological polar surface area (TPSA) is 85.8 Å². The van der Waals surface area contributed by atoms with Gasteiger partial charge in [0.2, 0.25) is 0 Å². The van der Waals surface area contributed by atoms with Crippen LogP contribution in [0.25, 0.3) is 0 Å². The van der Waals surface area contributed by atoms with Gasteiger partial charge < -0.3 is 5.11 Å².